The Labute approximate surface area is 103 Å². The van der Waals surface area contributed by atoms with Crippen LogP contribution in [0.2, 0.25) is 0 Å². The lowest BCUT2D eigenvalue weighted by Gasteiger charge is -2.30. The maximum atomic E-state index is 2.58. The number of nitrogens with zero attached hydrogens (tertiary/aromatic N) is 1. The number of fused-ring (bicyclic) bond motifs is 1. The molecule has 0 unspecified atom stereocenters. The van der Waals surface area contributed by atoms with Gasteiger partial charge >= 0.3 is 0 Å². The number of thiophene rings is 1. The quantitative estimate of drug-likeness (QED) is 0.774. The molecule has 2 heteroatoms. The standard InChI is InChI=1S/C14H23NS/c1-10(2)7-12-9-16-14-8-15(11(3)4)6-5-13(12)14/h9-11H,5-8H2,1-4H3. The van der Waals surface area contributed by atoms with E-state index in [4.69, 9.17) is 0 Å². The van der Waals surface area contributed by atoms with E-state index in [0.717, 1.165) is 5.92 Å². The van der Waals surface area contributed by atoms with Crippen LogP contribution in [-0.4, -0.2) is 17.5 Å². The summed E-state index contributed by atoms with van der Waals surface area (Å²) in [6.07, 6.45) is 2.52. The Morgan fingerprint density at radius 1 is 1.31 bits per heavy atom. The molecule has 0 saturated carbocycles. The highest BCUT2D eigenvalue weighted by molar-refractivity contribution is 7.10. The Kier molecular flexibility index (Phi) is 3.70. The van der Waals surface area contributed by atoms with Crippen LogP contribution in [0.25, 0.3) is 0 Å². The van der Waals surface area contributed by atoms with Crippen molar-refractivity contribution in [2.24, 2.45) is 5.92 Å². The highest BCUT2D eigenvalue weighted by atomic mass is 32.1. The normalized spacial score (nSPS) is 17.1. The highest BCUT2D eigenvalue weighted by Gasteiger charge is 2.22. The Morgan fingerprint density at radius 2 is 2.06 bits per heavy atom. The van der Waals surface area contributed by atoms with Crippen LogP contribution in [0, 0.1) is 5.92 Å². The van der Waals surface area contributed by atoms with Crippen LogP contribution in [0.15, 0.2) is 5.38 Å². The summed E-state index contributed by atoms with van der Waals surface area (Å²) in [6, 6.07) is 0.684. The molecule has 0 aliphatic carbocycles. The van der Waals surface area contributed by atoms with Gasteiger partial charge in [0.15, 0.2) is 0 Å². The molecule has 0 N–H and O–H groups in total. The molecule has 16 heavy (non-hydrogen) atoms. The molecule has 1 aromatic heterocycles. The fourth-order valence-corrected chi connectivity index (χ4v) is 3.61. The van der Waals surface area contributed by atoms with E-state index in [1.54, 1.807) is 16.0 Å². The van der Waals surface area contributed by atoms with Crippen molar-refractivity contribution in [2.75, 3.05) is 6.54 Å². The van der Waals surface area contributed by atoms with Crippen LogP contribution >= 0.6 is 11.3 Å². The molecule has 2 rings (SSSR count). The summed E-state index contributed by atoms with van der Waals surface area (Å²) >= 11 is 1.97. The van der Waals surface area contributed by atoms with Gasteiger partial charge in [-0.3, -0.25) is 4.90 Å². The van der Waals surface area contributed by atoms with Crippen molar-refractivity contribution in [2.45, 2.75) is 53.1 Å². The Balaban J connectivity index is 2.14. The molecule has 0 saturated heterocycles. The zero-order chi connectivity index (χ0) is 11.7. The zero-order valence-corrected chi connectivity index (χ0v) is 11.7. The number of hydrogen-bond acceptors (Lipinski definition) is 2. The molecule has 0 radical (unpaired) electrons. The van der Waals surface area contributed by atoms with Gasteiger partial charge in [-0.15, -0.1) is 11.3 Å². The molecule has 1 nitrogen and oxygen atoms in total. The van der Waals surface area contributed by atoms with Gasteiger partial charge in [-0.05, 0) is 49.1 Å². The lowest BCUT2D eigenvalue weighted by atomic mass is 9.96. The molecule has 0 fully saturated rings. The SMILES string of the molecule is CC(C)Cc1csc2c1CCN(C(C)C)C2. The topological polar surface area (TPSA) is 3.24 Å². The van der Waals surface area contributed by atoms with Crippen molar-refractivity contribution in [3.63, 3.8) is 0 Å². The summed E-state index contributed by atoms with van der Waals surface area (Å²) in [7, 11) is 0. The van der Waals surface area contributed by atoms with E-state index in [0.29, 0.717) is 6.04 Å². The molecular formula is C14H23NS. The summed E-state index contributed by atoms with van der Waals surface area (Å²) in [4.78, 5) is 4.20. The number of rotatable bonds is 3. The molecule has 0 amide bonds. The van der Waals surface area contributed by atoms with Gasteiger partial charge in [-0.25, -0.2) is 0 Å². The molecular weight excluding hydrogens is 214 g/mol. The van der Waals surface area contributed by atoms with Crippen molar-refractivity contribution >= 4 is 11.3 Å². The summed E-state index contributed by atoms with van der Waals surface area (Å²) in [5.41, 5.74) is 3.30. The minimum atomic E-state index is 0.684. The van der Waals surface area contributed by atoms with Gasteiger partial charge in [0.05, 0.1) is 0 Å². The summed E-state index contributed by atoms with van der Waals surface area (Å²) in [5.74, 6) is 0.779. The Morgan fingerprint density at radius 3 is 2.69 bits per heavy atom. The van der Waals surface area contributed by atoms with E-state index in [2.05, 4.69) is 38.0 Å². The first-order chi connectivity index (χ1) is 7.58. The van der Waals surface area contributed by atoms with Crippen molar-refractivity contribution in [1.82, 2.24) is 4.90 Å². The first-order valence-electron chi connectivity index (χ1n) is 6.40. The van der Waals surface area contributed by atoms with Gasteiger partial charge in [-0.1, -0.05) is 13.8 Å². The molecule has 0 bridgehead atoms. The molecule has 2 heterocycles. The second-order valence-corrected chi connectivity index (χ2v) is 6.54. The minimum Gasteiger partial charge on any atom is -0.296 e. The summed E-state index contributed by atoms with van der Waals surface area (Å²) in [6.45, 7) is 11.6. The van der Waals surface area contributed by atoms with Crippen LogP contribution in [-0.2, 0) is 19.4 Å². The van der Waals surface area contributed by atoms with Crippen LogP contribution in [0.1, 0.15) is 43.7 Å². The van der Waals surface area contributed by atoms with Crippen molar-refractivity contribution < 1.29 is 0 Å². The van der Waals surface area contributed by atoms with E-state index in [1.807, 2.05) is 11.3 Å². The van der Waals surface area contributed by atoms with E-state index < -0.39 is 0 Å². The third kappa shape index (κ3) is 2.49. The average Bonchev–Trinajstić information content (AvgIpc) is 2.60. The third-order valence-electron chi connectivity index (χ3n) is 3.42. The predicted molar refractivity (Wildman–Crippen MR) is 72.1 cm³/mol. The maximum absolute atomic E-state index is 2.58. The second-order valence-electron chi connectivity index (χ2n) is 5.57. The van der Waals surface area contributed by atoms with Crippen molar-refractivity contribution in [1.29, 1.82) is 0 Å². The van der Waals surface area contributed by atoms with E-state index in [9.17, 15) is 0 Å². The van der Waals surface area contributed by atoms with Gasteiger partial charge in [-0.2, -0.15) is 0 Å². The van der Waals surface area contributed by atoms with Crippen LogP contribution in [0.4, 0.5) is 0 Å². The van der Waals surface area contributed by atoms with Gasteiger partial charge < -0.3 is 0 Å². The average molecular weight is 237 g/mol. The van der Waals surface area contributed by atoms with E-state index in [1.165, 1.54) is 25.9 Å². The lowest BCUT2D eigenvalue weighted by Crippen LogP contribution is -2.35. The second kappa shape index (κ2) is 4.89. The summed E-state index contributed by atoms with van der Waals surface area (Å²) < 4.78 is 0. The monoisotopic (exact) mass is 237 g/mol. The first kappa shape index (κ1) is 12.1. The van der Waals surface area contributed by atoms with E-state index >= 15 is 0 Å². The number of hydrogen-bond donors (Lipinski definition) is 0. The fraction of sp³-hybridized carbons (Fsp3) is 0.714. The predicted octanol–water partition coefficient (Wildman–Crippen LogP) is 3.71. The van der Waals surface area contributed by atoms with Crippen molar-refractivity contribution in [3.05, 3.63) is 21.4 Å². The summed E-state index contributed by atoms with van der Waals surface area (Å²) in [5, 5.41) is 2.40. The van der Waals surface area contributed by atoms with Crippen LogP contribution in [0.5, 0.6) is 0 Å². The Bertz CT molecular complexity index is 352. The van der Waals surface area contributed by atoms with Crippen LogP contribution < -0.4 is 0 Å². The molecule has 1 aromatic rings. The maximum Gasteiger partial charge on any atom is 0.0333 e. The minimum absolute atomic E-state index is 0.684. The molecule has 0 aromatic carbocycles. The zero-order valence-electron chi connectivity index (χ0n) is 10.9. The van der Waals surface area contributed by atoms with Gasteiger partial charge in [0.25, 0.3) is 0 Å². The molecule has 1 aliphatic heterocycles. The van der Waals surface area contributed by atoms with Crippen molar-refractivity contribution in [3.8, 4) is 0 Å². The fourth-order valence-electron chi connectivity index (χ4n) is 2.47. The van der Waals surface area contributed by atoms with Gasteiger partial charge in [0.1, 0.15) is 0 Å². The molecule has 0 atom stereocenters. The largest absolute Gasteiger partial charge is 0.296 e. The van der Waals surface area contributed by atoms with Gasteiger partial charge in [0, 0.05) is 24.0 Å². The van der Waals surface area contributed by atoms with Gasteiger partial charge in [0.2, 0.25) is 0 Å². The van der Waals surface area contributed by atoms with Crippen LogP contribution in [0.3, 0.4) is 0 Å². The first-order valence-corrected chi connectivity index (χ1v) is 7.28. The lowest BCUT2D eigenvalue weighted by molar-refractivity contribution is 0.206. The Hall–Kier alpha value is -0.340. The third-order valence-corrected chi connectivity index (χ3v) is 4.48. The van der Waals surface area contributed by atoms with E-state index in [-0.39, 0.29) is 0 Å². The molecule has 1 aliphatic rings. The smallest absolute Gasteiger partial charge is 0.0333 e. The molecule has 0 spiro atoms. The molecule has 90 valence electrons. The highest BCUT2D eigenvalue weighted by Crippen LogP contribution is 2.30.